The van der Waals surface area contributed by atoms with Crippen LogP contribution in [0.3, 0.4) is 0 Å². The van der Waals surface area contributed by atoms with Crippen LogP contribution in [-0.2, 0) is 14.3 Å². The van der Waals surface area contributed by atoms with Crippen LogP contribution in [0.25, 0.3) is 0 Å². The average molecular weight is 152 g/mol. The third-order valence-corrected chi connectivity index (χ3v) is 1.62. The number of Topliss-reactive ketones (excluding diaryl/α,β-unsaturated/α-hetero) is 1. The Kier molecular flexibility index (Phi) is 0.961. The zero-order valence-electron chi connectivity index (χ0n) is 5.46. The van der Waals surface area contributed by atoms with E-state index < -0.39 is 17.3 Å². The number of rotatable bonds is 0. The van der Waals surface area contributed by atoms with E-state index in [9.17, 15) is 9.59 Å². The zero-order chi connectivity index (χ0) is 8.01. The van der Waals surface area contributed by atoms with Crippen molar-refractivity contribution in [3.8, 4) is 0 Å². The smallest absolute Gasteiger partial charge is 0.271 e. The van der Waals surface area contributed by atoms with Gasteiger partial charge in [0.2, 0.25) is 11.5 Å². The van der Waals surface area contributed by atoms with Gasteiger partial charge < -0.3 is 9.84 Å². The van der Waals surface area contributed by atoms with Gasteiger partial charge in [-0.1, -0.05) is 0 Å². The molecule has 1 heterocycles. The van der Waals surface area contributed by atoms with Crippen molar-refractivity contribution in [3.05, 3.63) is 23.2 Å². The molecule has 11 heavy (non-hydrogen) atoms. The number of allylic oxidation sites excluding steroid dienone is 2. The van der Waals surface area contributed by atoms with Crippen LogP contribution < -0.4 is 0 Å². The van der Waals surface area contributed by atoms with Gasteiger partial charge in [0.1, 0.15) is 6.61 Å². The Hall–Kier alpha value is -1.58. The Bertz CT molecular complexity index is 321. The molecule has 2 rings (SSSR count). The van der Waals surface area contributed by atoms with Gasteiger partial charge in [-0.05, 0) is 0 Å². The predicted molar refractivity (Wildman–Crippen MR) is 33.7 cm³/mol. The normalized spacial score (nSPS) is 22.0. The predicted octanol–water partition coefficient (Wildman–Crippen LogP) is -0.136. The number of ketones is 2. The average Bonchev–Trinajstić information content (AvgIpc) is 1.93. The van der Waals surface area contributed by atoms with Gasteiger partial charge >= 0.3 is 0 Å². The molecule has 56 valence electrons. The first-order valence-corrected chi connectivity index (χ1v) is 3.06. The lowest BCUT2D eigenvalue weighted by Crippen LogP contribution is -2.29. The largest absolute Gasteiger partial charge is 0.501 e. The molecule has 0 saturated carbocycles. The van der Waals surface area contributed by atoms with Gasteiger partial charge in [0.05, 0.1) is 0 Å². The summed E-state index contributed by atoms with van der Waals surface area (Å²) in [6.45, 7) is 0.304. The van der Waals surface area contributed by atoms with Crippen molar-refractivity contribution in [2.75, 3.05) is 6.61 Å². The molecule has 0 amide bonds. The van der Waals surface area contributed by atoms with E-state index in [1.54, 1.807) is 0 Å². The highest BCUT2D eigenvalue weighted by Gasteiger charge is 2.34. The molecule has 0 atom stereocenters. The van der Waals surface area contributed by atoms with Crippen molar-refractivity contribution < 1.29 is 19.4 Å². The maximum atomic E-state index is 10.7. The molecular formula is C7H4O4. The second kappa shape index (κ2) is 1.72. The first-order chi connectivity index (χ1) is 5.20. The molecule has 2 aliphatic rings. The van der Waals surface area contributed by atoms with E-state index in [0.29, 0.717) is 12.2 Å². The van der Waals surface area contributed by atoms with Crippen molar-refractivity contribution >= 4 is 11.6 Å². The highest BCUT2D eigenvalue weighted by atomic mass is 16.5. The Morgan fingerprint density at radius 3 is 2.73 bits per heavy atom. The minimum Gasteiger partial charge on any atom is -0.501 e. The van der Waals surface area contributed by atoms with E-state index in [2.05, 4.69) is 0 Å². The summed E-state index contributed by atoms with van der Waals surface area (Å²) in [4.78, 5) is 21.5. The molecule has 0 spiro atoms. The third-order valence-electron chi connectivity index (χ3n) is 1.62. The van der Waals surface area contributed by atoms with E-state index in [-0.39, 0.29) is 5.76 Å². The van der Waals surface area contributed by atoms with Gasteiger partial charge in [-0.2, -0.15) is 0 Å². The Balaban J connectivity index is 2.53. The van der Waals surface area contributed by atoms with Crippen LogP contribution in [0.2, 0.25) is 0 Å². The second-order valence-corrected chi connectivity index (χ2v) is 2.33. The molecule has 4 nitrogen and oxygen atoms in total. The summed E-state index contributed by atoms with van der Waals surface area (Å²) in [6.07, 6.45) is 1.20. The molecule has 1 saturated heterocycles. The number of hydrogen-bond acceptors (Lipinski definition) is 4. The SMILES string of the molecule is O=C1C=C2COC2=C(O)C1=O. The van der Waals surface area contributed by atoms with Crippen molar-refractivity contribution in [2.24, 2.45) is 0 Å². The molecule has 0 bridgehead atoms. The molecule has 1 aliphatic carbocycles. The lowest BCUT2D eigenvalue weighted by molar-refractivity contribution is -0.133. The van der Waals surface area contributed by atoms with Crippen LogP contribution in [0.1, 0.15) is 0 Å². The van der Waals surface area contributed by atoms with E-state index >= 15 is 0 Å². The lowest BCUT2D eigenvalue weighted by Gasteiger charge is -2.25. The summed E-state index contributed by atoms with van der Waals surface area (Å²) in [5.41, 5.74) is 0.604. The van der Waals surface area contributed by atoms with Crippen molar-refractivity contribution in [2.45, 2.75) is 0 Å². The van der Waals surface area contributed by atoms with Gasteiger partial charge in [0.25, 0.3) is 5.78 Å². The van der Waals surface area contributed by atoms with Gasteiger partial charge in [-0.15, -0.1) is 0 Å². The summed E-state index contributed by atoms with van der Waals surface area (Å²) < 4.78 is 4.75. The summed E-state index contributed by atoms with van der Waals surface area (Å²) in [7, 11) is 0. The molecule has 0 aromatic carbocycles. The van der Waals surface area contributed by atoms with Crippen LogP contribution >= 0.6 is 0 Å². The van der Waals surface area contributed by atoms with Crippen molar-refractivity contribution in [1.82, 2.24) is 0 Å². The quantitative estimate of drug-likeness (QED) is 0.387. The summed E-state index contributed by atoms with van der Waals surface area (Å²) >= 11 is 0. The van der Waals surface area contributed by atoms with Crippen LogP contribution in [-0.4, -0.2) is 23.3 Å². The molecular weight excluding hydrogens is 148 g/mol. The van der Waals surface area contributed by atoms with Crippen molar-refractivity contribution in [1.29, 1.82) is 0 Å². The maximum absolute atomic E-state index is 10.7. The summed E-state index contributed by atoms with van der Waals surface area (Å²) in [5, 5.41) is 8.98. The van der Waals surface area contributed by atoms with Gasteiger partial charge in [0.15, 0.2) is 5.76 Å². The summed E-state index contributed by atoms with van der Waals surface area (Å²) in [5.74, 6) is -1.96. The van der Waals surface area contributed by atoms with Crippen LogP contribution in [0.15, 0.2) is 23.2 Å². The first kappa shape index (κ1) is 6.15. The number of carbonyl (C=O) groups excluding carboxylic acids is 2. The number of fused-ring (bicyclic) bond motifs is 1. The number of aliphatic hydroxyl groups excluding tert-OH is 1. The highest BCUT2D eigenvalue weighted by molar-refractivity contribution is 6.48. The standard InChI is InChI=1S/C7H4O4/c8-4-1-3-2-11-7(3)6(10)5(4)9/h1,10H,2H2. The van der Waals surface area contributed by atoms with Gasteiger partial charge in [0, 0.05) is 11.6 Å². The highest BCUT2D eigenvalue weighted by Crippen LogP contribution is 2.29. The van der Waals surface area contributed by atoms with E-state index in [1.165, 1.54) is 6.08 Å². The molecule has 1 N–H and O–H groups in total. The Morgan fingerprint density at radius 1 is 1.45 bits per heavy atom. The Labute approximate surface area is 61.8 Å². The number of ether oxygens (including phenoxy) is 1. The Morgan fingerprint density at radius 2 is 2.18 bits per heavy atom. The molecule has 0 radical (unpaired) electrons. The van der Waals surface area contributed by atoms with Crippen molar-refractivity contribution in [3.63, 3.8) is 0 Å². The van der Waals surface area contributed by atoms with Crippen LogP contribution in [0.4, 0.5) is 0 Å². The maximum Gasteiger partial charge on any atom is 0.271 e. The fraction of sp³-hybridized carbons (Fsp3) is 0.143. The van der Waals surface area contributed by atoms with Crippen LogP contribution in [0.5, 0.6) is 0 Å². The topological polar surface area (TPSA) is 63.6 Å². The molecule has 0 aromatic rings. The molecule has 0 unspecified atom stereocenters. The molecule has 1 fully saturated rings. The minimum absolute atomic E-state index is 0.162. The first-order valence-electron chi connectivity index (χ1n) is 3.06. The third kappa shape index (κ3) is 0.633. The fourth-order valence-electron chi connectivity index (χ4n) is 0.999. The number of aliphatic hydroxyl groups is 1. The zero-order valence-corrected chi connectivity index (χ0v) is 5.46. The van der Waals surface area contributed by atoms with Crippen LogP contribution in [0, 0.1) is 0 Å². The second-order valence-electron chi connectivity index (χ2n) is 2.33. The molecule has 0 aromatic heterocycles. The van der Waals surface area contributed by atoms with E-state index in [0.717, 1.165) is 0 Å². The lowest BCUT2D eigenvalue weighted by atomic mass is 9.99. The van der Waals surface area contributed by atoms with Gasteiger partial charge in [-0.25, -0.2) is 0 Å². The number of carbonyl (C=O) groups is 2. The minimum atomic E-state index is -0.886. The monoisotopic (exact) mass is 152 g/mol. The number of hydrogen-bond donors (Lipinski definition) is 1. The summed E-state index contributed by atoms with van der Waals surface area (Å²) in [6, 6.07) is 0. The molecule has 1 aliphatic heterocycles. The van der Waals surface area contributed by atoms with E-state index in [4.69, 9.17) is 9.84 Å². The molecule has 4 heteroatoms. The van der Waals surface area contributed by atoms with E-state index in [1.807, 2.05) is 0 Å². The van der Waals surface area contributed by atoms with Gasteiger partial charge in [-0.3, -0.25) is 9.59 Å². The fourth-order valence-corrected chi connectivity index (χ4v) is 0.999.